The van der Waals surface area contributed by atoms with E-state index in [0.717, 1.165) is 24.1 Å². The SMILES string of the molecule is Cc1c(Cl)cccc1NC(=S)N(C)CC(=O)NC1CC1. The number of nitrogens with zero attached hydrogens (tertiary/aromatic N) is 1. The maximum atomic E-state index is 11.7. The van der Waals surface area contributed by atoms with E-state index in [0.29, 0.717) is 16.2 Å². The first-order valence-electron chi connectivity index (χ1n) is 6.54. The van der Waals surface area contributed by atoms with Gasteiger partial charge in [0.1, 0.15) is 0 Å². The van der Waals surface area contributed by atoms with Crippen LogP contribution in [0.25, 0.3) is 0 Å². The molecule has 6 heteroatoms. The molecule has 0 spiro atoms. The number of hydrogen-bond donors (Lipinski definition) is 2. The van der Waals surface area contributed by atoms with E-state index < -0.39 is 0 Å². The average molecular weight is 312 g/mol. The summed E-state index contributed by atoms with van der Waals surface area (Å²) in [5.41, 5.74) is 1.80. The van der Waals surface area contributed by atoms with E-state index >= 15 is 0 Å². The predicted octanol–water partition coefficient (Wildman–Crippen LogP) is 2.56. The number of rotatable bonds is 4. The van der Waals surface area contributed by atoms with Crippen LogP contribution in [0.5, 0.6) is 0 Å². The zero-order valence-corrected chi connectivity index (χ0v) is 13.1. The monoisotopic (exact) mass is 311 g/mol. The molecule has 108 valence electrons. The second-order valence-electron chi connectivity index (χ2n) is 5.04. The van der Waals surface area contributed by atoms with Crippen LogP contribution in [0.3, 0.4) is 0 Å². The van der Waals surface area contributed by atoms with Crippen LogP contribution in [0.2, 0.25) is 5.02 Å². The zero-order valence-electron chi connectivity index (χ0n) is 11.6. The first kappa shape index (κ1) is 15.1. The minimum atomic E-state index is 0.00182. The fourth-order valence-corrected chi connectivity index (χ4v) is 2.09. The van der Waals surface area contributed by atoms with Crippen molar-refractivity contribution in [2.24, 2.45) is 0 Å². The number of hydrogen-bond acceptors (Lipinski definition) is 2. The van der Waals surface area contributed by atoms with Gasteiger partial charge in [-0.3, -0.25) is 4.79 Å². The number of nitrogens with one attached hydrogen (secondary N) is 2. The minimum Gasteiger partial charge on any atom is -0.352 e. The van der Waals surface area contributed by atoms with E-state index in [-0.39, 0.29) is 12.5 Å². The van der Waals surface area contributed by atoms with Crippen LogP contribution in [0.4, 0.5) is 5.69 Å². The van der Waals surface area contributed by atoms with Gasteiger partial charge >= 0.3 is 0 Å². The number of likely N-dealkylation sites (N-methyl/N-ethyl adjacent to an activating group) is 1. The molecule has 0 unspecified atom stereocenters. The van der Waals surface area contributed by atoms with Gasteiger partial charge in [0.05, 0.1) is 6.54 Å². The predicted molar refractivity (Wildman–Crippen MR) is 86.2 cm³/mol. The van der Waals surface area contributed by atoms with Crippen LogP contribution < -0.4 is 10.6 Å². The Morgan fingerprint density at radius 2 is 2.20 bits per heavy atom. The Morgan fingerprint density at radius 1 is 1.50 bits per heavy atom. The summed E-state index contributed by atoms with van der Waals surface area (Å²) in [6.45, 7) is 2.18. The van der Waals surface area contributed by atoms with Crippen molar-refractivity contribution in [2.45, 2.75) is 25.8 Å². The van der Waals surface area contributed by atoms with Gasteiger partial charge in [-0.15, -0.1) is 0 Å². The van der Waals surface area contributed by atoms with Crippen molar-refractivity contribution in [3.63, 3.8) is 0 Å². The minimum absolute atomic E-state index is 0.00182. The topological polar surface area (TPSA) is 44.4 Å². The van der Waals surface area contributed by atoms with Crippen LogP contribution in [0, 0.1) is 6.92 Å². The molecule has 1 amide bonds. The van der Waals surface area contributed by atoms with Crippen molar-refractivity contribution < 1.29 is 4.79 Å². The summed E-state index contributed by atoms with van der Waals surface area (Å²) < 4.78 is 0. The molecule has 2 rings (SSSR count). The number of anilines is 1. The molecule has 0 aliphatic heterocycles. The van der Waals surface area contributed by atoms with Crippen molar-refractivity contribution >= 4 is 40.5 Å². The largest absolute Gasteiger partial charge is 0.352 e. The summed E-state index contributed by atoms with van der Waals surface area (Å²) in [6, 6.07) is 5.97. The van der Waals surface area contributed by atoms with E-state index in [1.165, 1.54) is 0 Å². The molecule has 0 atom stereocenters. The second-order valence-corrected chi connectivity index (χ2v) is 5.83. The zero-order chi connectivity index (χ0) is 14.7. The van der Waals surface area contributed by atoms with Crippen molar-refractivity contribution in [2.75, 3.05) is 18.9 Å². The average Bonchev–Trinajstić information content (AvgIpc) is 3.18. The highest BCUT2D eigenvalue weighted by Crippen LogP contribution is 2.23. The maximum absolute atomic E-state index is 11.7. The molecular formula is C14H18ClN3OS. The van der Waals surface area contributed by atoms with Gasteiger partial charge in [-0.05, 0) is 49.7 Å². The van der Waals surface area contributed by atoms with Crippen LogP contribution in [0.15, 0.2) is 18.2 Å². The van der Waals surface area contributed by atoms with Gasteiger partial charge in [0.2, 0.25) is 5.91 Å². The summed E-state index contributed by atoms with van der Waals surface area (Å²) in [5.74, 6) is 0.00182. The number of halogens is 1. The standard InChI is InChI=1S/C14H18ClN3OS/c1-9-11(15)4-3-5-12(9)17-14(20)18(2)8-13(19)16-10-6-7-10/h3-5,10H,6-8H2,1-2H3,(H,16,19)(H,17,20). The van der Waals surface area contributed by atoms with Crippen molar-refractivity contribution in [1.82, 2.24) is 10.2 Å². The quantitative estimate of drug-likeness (QED) is 0.839. The first-order chi connectivity index (χ1) is 9.47. The molecule has 0 bridgehead atoms. The lowest BCUT2D eigenvalue weighted by atomic mass is 10.2. The lowest BCUT2D eigenvalue weighted by Gasteiger charge is -2.21. The molecule has 1 aliphatic rings. The van der Waals surface area contributed by atoms with Gasteiger partial charge in [0, 0.05) is 23.8 Å². The molecule has 0 saturated heterocycles. The van der Waals surface area contributed by atoms with E-state index in [1.54, 1.807) is 11.9 Å². The first-order valence-corrected chi connectivity index (χ1v) is 7.32. The highest BCUT2D eigenvalue weighted by atomic mass is 35.5. The second kappa shape index (κ2) is 6.41. The van der Waals surface area contributed by atoms with Crippen LogP contribution >= 0.6 is 23.8 Å². The molecule has 20 heavy (non-hydrogen) atoms. The number of carbonyl (C=O) groups is 1. The Hall–Kier alpha value is -1.33. The van der Waals surface area contributed by atoms with Crippen molar-refractivity contribution in [1.29, 1.82) is 0 Å². The van der Waals surface area contributed by atoms with E-state index in [2.05, 4.69) is 10.6 Å². The molecule has 0 heterocycles. The molecular weight excluding hydrogens is 294 g/mol. The molecule has 1 fully saturated rings. The Balaban J connectivity index is 1.89. The molecule has 0 radical (unpaired) electrons. The fraction of sp³-hybridized carbons (Fsp3) is 0.429. The Bertz CT molecular complexity index is 531. The lowest BCUT2D eigenvalue weighted by molar-refractivity contribution is -0.121. The van der Waals surface area contributed by atoms with E-state index in [9.17, 15) is 4.79 Å². The summed E-state index contributed by atoms with van der Waals surface area (Å²) >= 11 is 11.4. The highest BCUT2D eigenvalue weighted by molar-refractivity contribution is 7.80. The lowest BCUT2D eigenvalue weighted by Crippen LogP contribution is -2.40. The number of benzene rings is 1. The molecule has 4 nitrogen and oxygen atoms in total. The molecule has 1 aliphatic carbocycles. The van der Waals surface area contributed by atoms with Gasteiger partial charge in [0.15, 0.2) is 5.11 Å². The van der Waals surface area contributed by atoms with Crippen LogP contribution in [-0.2, 0) is 4.79 Å². The molecule has 1 saturated carbocycles. The normalized spacial score (nSPS) is 13.8. The smallest absolute Gasteiger partial charge is 0.239 e. The van der Waals surface area contributed by atoms with Crippen molar-refractivity contribution in [3.05, 3.63) is 28.8 Å². The maximum Gasteiger partial charge on any atom is 0.239 e. The molecule has 1 aromatic rings. The van der Waals surface area contributed by atoms with Gasteiger partial charge in [0.25, 0.3) is 0 Å². The Labute approximate surface area is 129 Å². The number of thiocarbonyl (C=S) groups is 1. The summed E-state index contributed by atoms with van der Waals surface area (Å²) in [5, 5.41) is 7.24. The van der Waals surface area contributed by atoms with Crippen LogP contribution in [-0.4, -0.2) is 35.6 Å². The third-order valence-electron chi connectivity index (χ3n) is 3.18. The van der Waals surface area contributed by atoms with E-state index in [1.807, 2.05) is 25.1 Å². The summed E-state index contributed by atoms with van der Waals surface area (Å²) in [7, 11) is 1.79. The number of amides is 1. The van der Waals surface area contributed by atoms with Gasteiger partial charge in [-0.1, -0.05) is 17.7 Å². The molecule has 0 aromatic heterocycles. The summed E-state index contributed by atoms with van der Waals surface area (Å²) in [4.78, 5) is 13.4. The molecule has 1 aromatic carbocycles. The molecule has 2 N–H and O–H groups in total. The third-order valence-corrected chi connectivity index (χ3v) is 4.00. The number of carbonyl (C=O) groups excluding carboxylic acids is 1. The van der Waals surface area contributed by atoms with E-state index in [4.69, 9.17) is 23.8 Å². The Kier molecular flexibility index (Phi) is 4.83. The highest BCUT2D eigenvalue weighted by Gasteiger charge is 2.23. The Morgan fingerprint density at radius 3 is 2.85 bits per heavy atom. The van der Waals surface area contributed by atoms with Gasteiger partial charge in [-0.25, -0.2) is 0 Å². The van der Waals surface area contributed by atoms with Crippen LogP contribution in [0.1, 0.15) is 18.4 Å². The third kappa shape index (κ3) is 4.08. The summed E-state index contributed by atoms with van der Waals surface area (Å²) in [6.07, 6.45) is 2.17. The van der Waals surface area contributed by atoms with Crippen molar-refractivity contribution in [3.8, 4) is 0 Å². The van der Waals surface area contributed by atoms with Gasteiger partial charge < -0.3 is 15.5 Å². The fourth-order valence-electron chi connectivity index (χ4n) is 1.74. The van der Waals surface area contributed by atoms with Gasteiger partial charge in [-0.2, -0.15) is 0 Å².